The summed E-state index contributed by atoms with van der Waals surface area (Å²) in [7, 11) is 5.28. The molecule has 0 unspecified atom stereocenters. The molecule has 0 aliphatic heterocycles. The Labute approximate surface area is 206 Å². The second-order valence-electron chi connectivity index (χ2n) is 9.64. The van der Waals surface area contributed by atoms with Crippen LogP contribution in [0.5, 0.6) is 11.5 Å². The van der Waals surface area contributed by atoms with E-state index in [-0.39, 0.29) is 0 Å². The van der Waals surface area contributed by atoms with E-state index in [1.165, 1.54) is 19.3 Å². The summed E-state index contributed by atoms with van der Waals surface area (Å²) >= 11 is 0. The van der Waals surface area contributed by atoms with Crippen molar-refractivity contribution in [1.82, 2.24) is 19.7 Å². The summed E-state index contributed by atoms with van der Waals surface area (Å²) in [5.41, 5.74) is 5.61. The van der Waals surface area contributed by atoms with Gasteiger partial charge >= 0.3 is 0 Å². The van der Waals surface area contributed by atoms with Crippen LogP contribution in [0.25, 0.3) is 22.3 Å². The zero-order chi connectivity index (χ0) is 24.4. The molecule has 7 heteroatoms. The minimum atomic E-state index is 0.775. The lowest BCUT2D eigenvalue weighted by Crippen LogP contribution is -2.24. The van der Waals surface area contributed by atoms with E-state index < -0.39 is 0 Å². The first kappa shape index (κ1) is 23.1. The number of aromatic nitrogens is 4. The zero-order valence-corrected chi connectivity index (χ0v) is 20.9. The summed E-state index contributed by atoms with van der Waals surface area (Å²) in [4.78, 5) is 11.9. The first-order valence-electron chi connectivity index (χ1n) is 12.3. The van der Waals surface area contributed by atoms with E-state index in [1.54, 1.807) is 18.9 Å². The molecule has 7 nitrogen and oxygen atoms in total. The summed E-state index contributed by atoms with van der Waals surface area (Å²) in [6.07, 6.45) is 10.7. The average molecular weight is 472 g/mol. The Morgan fingerprint density at radius 3 is 2.40 bits per heavy atom. The molecule has 0 amide bonds. The van der Waals surface area contributed by atoms with Crippen LogP contribution in [-0.2, 0) is 7.05 Å². The zero-order valence-electron chi connectivity index (χ0n) is 20.9. The van der Waals surface area contributed by atoms with E-state index in [0.29, 0.717) is 0 Å². The van der Waals surface area contributed by atoms with Crippen LogP contribution < -0.4 is 14.4 Å². The van der Waals surface area contributed by atoms with Crippen LogP contribution in [0.1, 0.15) is 32.6 Å². The van der Waals surface area contributed by atoms with E-state index in [4.69, 9.17) is 14.5 Å². The summed E-state index contributed by atoms with van der Waals surface area (Å²) in [5, 5.41) is 4.27. The molecule has 2 aromatic carbocycles. The summed E-state index contributed by atoms with van der Waals surface area (Å²) in [5.74, 6) is 3.29. The summed E-state index contributed by atoms with van der Waals surface area (Å²) in [6, 6.07) is 12.3. The molecule has 0 saturated heterocycles. The molecule has 1 aliphatic rings. The first-order chi connectivity index (χ1) is 17.0. The third kappa shape index (κ3) is 5.09. The monoisotopic (exact) mass is 471 g/mol. The molecule has 182 valence electrons. The van der Waals surface area contributed by atoms with Gasteiger partial charge in [0.25, 0.3) is 0 Å². The van der Waals surface area contributed by atoms with Gasteiger partial charge in [0.05, 0.1) is 43.3 Å². The lowest BCUT2D eigenvalue weighted by molar-refractivity contribution is 0.197. The van der Waals surface area contributed by atoms with E-state index in [0.717, 1.165) is 70.0 Å². The van der Waals surface area contributed by atoms with Crippen LogP contribution in [0.3, 0.4) is 0 Å². The number of hydrogen-bond acceptors (Lipinski definition) is 6. The van der Waals surface area contributed by atoms with Crippen molar-refractivity contribution in [3.63, 3.8) is 0 Å². The van der Waals surface area contributed by atoms with Gasteiger partial charge in [-0.15, -0.1) is 0 Å². The summed E-state index contributed by atoms with van der Waals surface area (Å²) in [6.45, 7) is 3.25. The van der Waals surface area contributed by atoms with Crippen molar-refractivity contribution in [2.45, 2.75) is 32.6 Å². The van der Waals surface area contributed by atoms with Crippen molar-refractivity contribution < 1.29 is 9.47 Å². The van der Waals surface area contributed by atoms with Crippen molar-refractivity contribution >= 4 is 22.4 Å². The number of fused-ring (bicyclic) bond motifs is 1. The van der Waals surface area contributed by atoms with Gasteiger partial charge in [0.1, 0.15) is 11.5 Å². The van der Waals surface area contributed by atoms with Crippen molar-refractivity contribution in [1.29, 1.82) is 0 Å². The maximum atomic E-state index is 5.56. The molecule has 35 heavy (non-hydrogen) atoms. The van der Waals surface area contributed by atoms with Crippen LogP contribution in [0.4, 0.5) is 11.4 Å². The van der Waals surface area contributed by atoms with Crippen LogP contribution in [0.15, 0.2) is 55.0 Å². The second-order valence-corrected chi connectivity index (χ2v) is 9.64. The SMILES string of the molecule is COc1cc(OC)cc(N(CCCC2CC(C)C2)c2ccc3ncc(-c4cnn(C)c4)nc3c2)c1. The van der Waals surface area contributed by atoms with Gasteiger partial charge in [0.2, 0.25) is 0 Å². The van der Waals surface area contributed by atoms with Crippen LogP contribution in [0, 0.1) is 11.8 Å². The predicted octanol–water partition coefficient (Wildman–Crippen LogP) is 6.01. The molecular formula is C28H33N5O2. The van der Waals surface area contributed by atoms with Gasteiger partial charge in [-0.05, 0) is 55.7 Å². The Morgan fingerprint density at radius 1 is 0.971 bits per heavy atom. The largest absolute Gasteiger partial charge is 0.497 e. The standard InChI is InChI=1S/C28H33N5O2/c1-19-10-20(11-19)6-5-9-33(23-12-24(34-3)15-25(13-23)35-4)22-7-8-26-27(14-22)31-28(17-29-26)21-16-30-32(2)18-21/h7-8,12-20H,5-6,9-11H2,1-4H3. The molecule has 1 saturated carbocycles. The Hall–Kier alpha value is -3.61. The average Bonchev–Trinajstić information content (AvgIpc) is 3.30. The van der Waals surface area contributed by atoms with E-state index >= 15 is 0 Å². The number of ether oxygens (including phenoxy) is 2. The fraction of sp³-hybridized carbons (Fsp3) is 0.393. The second kappa shape index (κ2) is 9.94. The molecule has 0 atom stereocenters. The highest BCUT2D eigenvalue weighted by molar-refractivity contribution is 5.82. The number of methoxy groups -OCH3 is 2. The number of benzene rings is 2. The highest BCUT2D eigenvalue weighted by atomic mass is 16.5. The van der Waals surface area contributed by atoms with E-state index in [9.17, 15) is 0 Å². The lowest BCUT2D eigenvalue weighted by Gasteiger charge is -2.33. The van der Waals surface area contributed by atoms with Gasteiger partial charge in [-0.2, -0.15) is 5.10 Å². The highest BCUT2D eigenvalue weighted by Crippen LogP contribution is 2.38. The maximum absolute atomic E-state index is 5.56. The van der Waals surface area contributed by atoms with Gasteiger partial charge in [-0.25, -0.2) is 4.98 Å². The third-order valence-corrected chi connectivity index (χ3v) is 6.95. The van der Waals surface area contributed by atoms with Crippen molar-refractivity contribution in [2.24, 2.45) is 18.9 Å². The predicted molar refractivity (Wildman–Crippen MR) is 139 cm³/mol. The number of nitrogens with zero attached hydrogens (tertiary/aromatic N) is 5. The van der Waals surface area contributed by atoms with Gasteiger partial charge < -0.3 is 14.4 Å². The molecule has 0 radical (unpaired) electrons. The van der Waals surface area contributed by atoms with Crippen molar-refractivity contribution in [3.8, 4) is 22.8 Å². The van der Waals surface area contributed by atoms with E-state index in [1.807, 2.05) is 37.8 Å². The number of rotatable bonds is 9. The third-order valence-electron chi connectivity index (χ3n) is 6.95. The number of hydrogen-bond donors (Lipinski definition) is 0. The molecule has 5 rings (SSSR count). The molecule has 1 fully saturated rings. The van der Waals surface area contributed by atoms with Crippen LogP contribution in [-0.4, -0.2) is 40.5 Å². The fourth-order valence-electron chi connectivity index (χ4n) is 5.06. The van der Waals surface area contributed by atoms with E-state index in [2.05, 4.69) is 46.2 Å². The quantitative estimate of drug-likeness (QED) is 0.298. The van der Waals surface area contributed by atoms with Gasteiger partial charge in [-0.1, -0.05) is 6.92 Å². The molecule has 0 bridgehead atoms. The Morgan fingerprint density at radius 2 is 1.74 bits per heavy atom. The maximum Gasteiger partial charge on any atom is 0.124 e. The topological polar surface area (TPSA) is 65.3 Å². The fourth-order valence-corrected chi connectivity index (χ4v) is 5.06. The molecule has 4 aromatic rings. The van der Waals surface area contributed by atoms with Crippen molar-refractivity contribution in [2.75, 3.05) is 25.7 Å². The Kier molecular flexibility index (Phi) is 6.57. The number of anilines is 2. The highest BCUT2D eigenvalue weighted by Gasteiger charge is 2.25. The lowest BCUT2D eigenvalue weighted by atomic mass is 9.74. The molecule has 1 aliphatic carbocycles. The number of aryl methyl sites for hydroxylation is 1. The molecular weight excluding hydrogens is 438 g/mol. The minimum absolute atomic E-state index is 0.775. The smallest absolute Gasteiger partial charge is 0.124 e. The van der Waals surface area contributed by atoms with Gasteiger partial charge in [0, 0.05) is 54.9 Å². The normalized spacial score (nSPS) is 17.3. The van der Waals surface area contributed by atoms with Gasteiger partial charge in [0.15, 0.2) is 0 Å². The van der Waals surface area contributed by atoms with Crippen molar-refractivity contribution in [3.05, 3.63) is 55.0 Å². The Balaban J connectivity index is 1.49. The minimum Gasteiger partial charge on any atom is -0.497 e. The van der Waals surface area contributed by atoms with Crippen LogP contribution >= 0.6 is 0 Å². The summed E-state index contributed by atoms with van der Waals surface area (Å²) < 4.78 is 12.9. The molecule has 0 N–H and O–H groups in total. The Bertz CT molecular complexity index is 1290. The first-order valence-corrected chi connectivity index (χ1v) is 12.3. The molecule has 0 spiro atoms. The van der Waals surface area contributed by atoms with Gasteiger partial charge in [-0.3, -0.25) is 9.67 Å². The molecule has 2 heterocycles. The molecule has 2 aromatic heterocycles. The van der Waals surface area contributed by atoms with Crippen LogP contribution in [0.2, 0.25) is 0 Å².